The molecule has 0 saturated heterocycles. The number of hydrogen-bond acceptors (Lipinski definition) is 2. The molecular formula is C14H23N3O. The van der Waals surface area contributed by atoms with Gasteiger partial charge in [0.05, 0.1) is 0 Å². The molecule has 0 heterocycles. The Kier molecular flexibility index (Phi) is 5.16. The molecule has 0 bridgehead atoms. The van der Waals surface area contributed by atoms with E-state index in [9.17, 15) is 4.79 Å². The third kappa shape index (κ3) is 3.74. The maximum Gasteiger partial charge on any atom is 0.322 e. The number of hydrogen-bond donors (Lipinski definition) is 2. The lowest BCUT2D eigenvalue weighted by molar-refractivity contribution is 0.201. The van der Waals surface area contributed by atoms with Gasteiger partial charge in [-0.1, -0.05) is 12.1 Å². The summed E-state index contributed by atoms with van der Waals surface area (Å²) in [7, 11) is 0. The van der Waals surface area contributed by atoms with Gasteiger partial charge < -0.3 is 16.0 Å². The Hall–Kier alpha value is -1.55. The molecule has 1 atom stereocenters. The predicted octanol–water partition coefficient (Wildman–Crippen LogP) is 2.97. The molecule has 100 valence electrons. The Bertz CT molecular complexity index is 402. The van der Waals surface area contributed by atoms with Crippen LogP contribution in [0.2, 0.25) is 0 Å². The van der Waals surface area contributed by atoms with E-state index in [1.807, 2.05) is 52.0 Å². The molecule has 0 aliphatic heterocycles. The molecule has 1 unspecified atom stereocenters. The molecule has 0 saturated carbocycles. The monoisotopic (exact) mass is 249 g/mol. The first kappa shape index (κ1) is 14.5. The summed E-state index contributed by atoms with van der Waals surface area (Å²) in [5.41, 5.74) is 7.62. The highest BCUT2D eigenvalue weighted by molar-refractivity contribution is 5.89. The number of carbonyl (C=O) groups excluding carboxylic acids is 1. The van der Waals surface area contributed by atoms with Crippen LogP contribution in [0, 0.1) is 0 Å². The third-order valence-corrected chi connectivity index (χ3v) is 2.89. The van der Waals surface area contributed by atoms with Crippen LogP contribution in [-0.2, 0) is 0 Å². The number of carbonyl (C=O) groups is 1. The van der Waals surface area contributed by atoms with Crippen LogP contribution in [0.5, 0.6) is 0 Å². The molecular weight excluding hydrogens is 226 g/mol. The molecule has 4 heteroatoms. The molecule has 0 spiro atoms. The van der Waals surface area contributed by atoms with Crippen molar-refractivity contribution in [3.05, 3.63) is 29.8 Å². The van der Waals surface area contributed by atoms with Crippen molar-refractivity contribution >= 4 is 11.7 Å². The van der Waals surface area contributed by atoms with E-state index < -0.39 is 0 Å². The minimum Gasteiger partial charge on any atom is -0.324 e. The molecule has 0 aliphatic carbocycles. The summed E-state index contributed by atoms with van der Waals surface area (Å²) in [4.78, 5) is 13.8. The van der Waals surface area contributed by atoms with Crippen LogP contribution in [0.4, 0.5) is 10.5 Å². The molecule has 0 aliphatic rings. The number of nitrogens with one attached hydrogen (secondary N) is 1. The first-order chi connectivity index (χ1) is 8.45. The highest BCUT2D eigenvalue weighted by atomic mass is 16.2. The summed E-state index contributed by atoms with van der Waals surface area (Å²) in [5, 5.41) is 2.90. The Morgan fingerprint density at radius 2 is 2.06 bits per heavy atom. The lowest BCUT2D eigenvalue weighted by atomic mass is 10.1. The molecule has 2 amide bonds. The van der Waals surface area contributed by atoms with Gasteiger partial charge in [-0.2, -0.15) is 0 Å². The zero-order valence-corrected chi connectivity index (χ0v) is 11.6. The van der Waals surface area contributed by atoms with Gasteiger partial charge >= 0.3 is 6.03 Å². The summed E-state index contributed by atoms with van der Waals surface area (Å²) in [6.07, 6.45) is 0. The van der Waals surface area contributed by atoms with Crippen LogP contribution >= 0.6 is 0 Å². The number of benzene rings is 1. The van der Waals surface area contributed by atoms with Gasteiger partial charge in [0, 0.05) is 24.3 Å². The summed E-state index contributed by atoms with van der Waals surface area (Å²) in [6, 6.07) is 7.73. The molecule has 0 fully saturated rings. The number of amides is 2. The first-order valence-corrected chi connectivity index (χ1v) is 6.38. The lowest BCUT2D eigenvalue weighted by Gasteiger charge is -2.25. The van der Waals surface area contributed by atoms with E-state index in [1.165, 1.54) is 0 Å². The van der Waals surface area contributed by atoms with Crippen LogP contribution in [-0.4, -0.2) is 23.5 Å². The van der Waals surface area contributed by atoms with Crippen LogP contribution in [0.1, 0.15) is 39.3 Å². The summed E-state index contributed by atoms with van der Waals surface area (Å²) >= 11 is 0. The van der Waals surface area contributed by atoms with Gasteiger partial charge in [-0.3, -0.25) is 0 Å². The van der Waals surface area contributed by atoms with Gasteiger partial charge in [0.25, 0.3) is 0 Å². The van der Waals surface area contributed by atoms with E-state index in [1.54, 1.807) is 4.90 Å². The summed E-state index contributed by atoms with van der Waals surface area (Å²) in [5.74, 6) is 0. The fourth-order valence-electron chi connectivity index (χ4n) is 1.84. The Morgan fingerprint density at radius 3 is 2.56 bits per heavy atom. The van der Waals surface area contributed by atoms with Gasteiger partial charge in [-0.25, -0.2) is 4.79 Å². The fraction of sp³-hybridized carbons (Fsp3) is 0.500. The lowest BCUT2D eigenvalue weighted by Crippen LogP contribution is -2.39. The Labute approximate surface area is 109 Å². The molecule has 1 aromatic carbocycles. The Balaban J connectivity index is 2.78. The standard InChI is InChI=1S/C14H23N3O/c1-5-17(10(2)3)14(18)16-13-8-6-7-12(9-13)11(4)15/h6-11H,5,15H2,1-4H3,(H,16,18). The average molecular weight is 249 g/mol. The molecule has 0 radical (unpaired) electrons. The maximum absolute atomic E-state index is 12.0. The first-order valence-electron chi connectivity index (χ1n) is 6.38. The molecule has 3 N–H and O–H groups in total. The molecule has 1 rings (SSSR count). The molecule has 4 nitrogen and oxygen atoms in total. The van der Waals surface area contributed by atoms with E-state index in [0.29, 0.717) is 6.54 Å². The van der Waals surface area contributed by atoms with Crippen LogP contribution in [0.3, 0.4) is 0 Å². The second-order valence-corrected chi connectivity index (χ2v) is 4.72. The predicted molar refractivity (Wildman–Crippen MR) is 75.6 cm³/mol. The number of nitrogens with two attached hydrogens (primary N) is 1. The largest absolute Gasteiger partial charge is 0.324 e. The second-order valence-electron chi connectivity index (χ2n) is 4.72. The molecule has 18 heavy (non-hydrogen) atoms. The van der Waals surface area contributed by atoms with E-state index in [-0.39, 0.29) is 18.1 Å². The van der Waals surface area contributed by atoms with Gasteiger partial charge in [-0.05, 0) is 45.4 Å². The van der Waals surface area contributed by atoms with Gasteiger partial charge in [-0.15, -0.1) is 0 Å². The van der Waals surface area contributed by atoms with Crippen molar-refractivity contribution in [2.24, 2.45) is 5.73 Å². The van der Waals surface area contributed by atoms with Crippen molar-refractivity contribution in [2.45, 2.75) is 39.8 Å². The van der Waals surface area contributed by atoms with Crippen molar-refractivity contribution in [3.8, 4) is 0 Å². The minimum absolute atomic E-state index is 0.0331. The van der Waals surface area contributed by atoms with Gasteiger partial charge in [0.1, 0.15) is 0 Å². The fourth-order valence-corrected chi connectivity index (χ4v) is 1.84. The minimum atomic E-state index is -0.0747. The summed E-state index contributed by atoms with van der Waals surface area (Å²) < 4.78 is 0. The quantitative estimate of drug-likeness (QED) is 0.862. The number of rotatable bonds is 4. The normalized spacial score (nSPS) is 12.3. The van der Waals surface area contributed by atoms with Crippen LogP contribution in [0.25, 0.3) is 0 Å². The second kappa shape index (κ2) is 6.40. The highest BCUT2D eigenvalue weighted by Gasteiger charge is 2.14. The molecule has 0 aromatic heterocycles. The van der Waals surface area contributed by atoms with Crippen molar-refractivity contribution in [3.63, 3.8) is 0 Å². The van der Waals surface area contributed by atoms with Gasteiger partial charge in [0.2, 0.25) is 0 Å². The van der Waals surface area contributed by atoms with E-state index >= 15 is 0 Å². The van der Waals surface area contributed by atoms with E-state index in [2.05, 4.69) is 5.32 Å². The maximum atomic E-state index is 12.0. The van der Waals surface area contributed by atoms with Crippen molar-refractivity contribution in [1.82, 2.24) is 4.90 Å². The number of anilines is 1. The number of urea groups is 1. The van der Waals surface area contributed by atoms with Crippen molar-refractivity contribution < 1.29 is 4.79 Å². The van der Waals surface area contributed by atoms with Crippen LogP contribution < -0.4 is 11.1 Å². The Morgan fingerprint density at radius 1 is 1.39 bits per heavy atom. The third-order valence-electron chi connectivity index (χ3n) is 2.89. The average Bonchev–Trinajstić information content (AvgIpc) is 2.29. The van der Waals surface area contributed by atoms with Crippen molar-refractivity contribution in [1.29, 1.82) is 0 Å². The van der Waals surface area contributed by atoms with Crippen LogP contribution in [0.15, 0.2) is 24.3 Å². The zero-order valence-electron chi connectivity index (χ0n) is 11.6. The van der Waals surface area contributed by atoms with E-state index in [4.69, 9.17) is 5.73 Å². The van der Waals surface area contributed by atoms with E-state index in [0.717, 1.165) is 11.3 Å². The highest BCUT2D eigenvalue weighted by Crippen LogP contribution is 2.16. The number of nitrogens with zero attached hydrogens (tertiary/aromatic N) is 1. The zero-order chi connectivity index (χ0) is 13.7. The summed E-state index contributed by atoms with van der Waals surface area (Å²) in [6.45, 7) is 8.59. The SMILES string of the molecule is CCN(C(=O)Nc1cccc(C(C)N)c1)C(C)C. The van der Waals surface area contributed by atoms with Gasteiger partial charge in [0.15, 0.2) is 0 Å². The molecule has 1 aromatic rings. The topological polar surface area (TPSA) is 58.4 Å². The smallest absolute Gasteiger partial charge is 0.322 e. The van der Waals surface area contributed by atoms with Crippen molar-refractivity contribution in [2.75, 3.05) is 11.9 Å².